The zero-order chi connectivity index (χ0) is 13.5. The van der Waals surface area contributed by atoms with E-state index < -0.39 is 0 Å². The molecule has 0 saturated heterocycles. The van der Waals surface area contributed by atoms with Gasteiger partial charge in [-0.3, -0.25) is 15.6 Å². The molecule has 2 N–H and O–H groups in total. The van der Waals surface area contributed by atoms with Gasteiger partial charge in [0, 0.05) is 6.08 Å². The second-order valence-corrected chi connectivity index (χ2v) is 3.99. The SMILES string of the molecule is O=C(C=Cc1ccccc1)NNc1ccc(Cl)nn1. The van der Waals surface area contributed by atoms with Crippen molar-refractivity contribution in [2.75, 3.05) is 5.43 Å². The summed E-state index contributed by atoms with van der Waals surface area (Å²) < 4.78 is 0. The molecule has 6 heteroatoms. The van der Waals surface area contributed by atoms with E-state index in [-0.39, 0.29) is 5.91 Å². The fourth-order valence-electron chi connectivity index (χ4n) is 1.29. The Kier molecular flexibility index (Phi) is 4.47. The number of benzene rings is 1. The molecule has 0 aliphatic rings. The van der Waals surface area contributed by atoms with Gasteiger partial charge in [0.15, 0.2) is 11.0 Å². The van der Waals surface area contributed by atoms with Crippen molar-refractivity contribution in [1.82, 2.24) is 15.6 Å². The highest BCUT2D eigenvalue weighted by atomic mass is 35.5. The Morgan fingerprint density at radius 1 is 1.11 bits per heavy atom. The first-order chi connectivity index (χ1) is 9.24. The molecule has 0 unspecified atom stereocenters. The van der Waals surface area contributed by atoms with Crippen LogP contribution >= 0.6 is 11.6 Å². The molecule has 0 radical (unpaired) electrons. The molecule has 0 fully saturated rings. The molecular formula is C13H11ClN4O. The van der Waals surface area contributed by atoms with E-state index in [0.717, 1.165) is 5.56 Å². The van der Waals surface area contributed by atoms with Crippen LogP contribution in [0, 0.1) is 0 Å². The van der Waals surface area contributed by atoms with Crippen LogP contribution in [0.3, 0.4) is 0 Å². The van der Waals surface area contributed by atoms with Crippen molar-refractivity contribution in [3.8, 4) is 0 Å². The quantitative estimate of drug-likeness (QED) is 0.663. The van der Waals surface area contributed by atoms with E-state index in [1.807, 2.05) is 30.3 Å². The van der Waals surface area contributed by atoms with Gasteiger partial charge >= 0.3 is 0 Å². The molecule has 19 heavy (non-hydrogen) atoms. The zero-order valence-electron chi connectivity index (χ0n) is 9.88. The van der Waals surface area contributed by atoms with E-state index in [9.17, 15) is 4.79 Å². The summed E-state index contributed by atoms with van der Waals surface area (Å²) in [6.07, 6.45) is 3.14. The monoisotopic (exact) mass is 274 g/mol. The lowest BCUT2D eigenvalue weighted by molar-refractivity contribution is -0.116. The van der Waals surface area contributed by atoms with Gasteiger partial charge in [-0.15, -0.1) is 10.2 Å². The van der Waals surface area contributed by atoms with Gasteiger partial charge in [0.2, 0.25) is 0 Å². The number of carbonyl (C=O) groups is 1. The number of hydrogen-bond acceptors (Lipinski definition) is 4. The van der Waals surface area contributed by atoms with Crippen molar-refractivity contribution < 1.29 is 4.79 Å². The van der Waals surface area contributed by atoms with E-state index in [1.165, 1.54) is 6.08 Å². The summed E-state index contributed by atoms with van der Waals surface area (Å²) >= 11 is 5.59. The molecule has 96 valence electrons. The predicted molar refractivity (Wildman–Crippen MR) is 74.3 cm³/mol. The number of hydrazine groups is 1. The van der Waals surface area contributed by atoms with Crippen LogP contribution in [-0.4, -0.2) is 16.1 Å². The summed E-state index contributed by atoms with van der Waals surface area (Å²) in [6, 6.07) is 12.7. The molecule has 0 atom stereocenters. The highest BCUT2D eigenvalue weighted by Gasteiger charge is 1.97. The van der Waals surface area contributed by atoms with Gasteiger partial charge in [0.25, 0.3) is 5.91 Å². The molecular weight excluding hydrogens is 264 g/mol. The molecule has 1 aromatic carbocycles. The number of aromatic nitrogens is 2. The predicted octanol–water partition coefficient (Wildman–Crippen LogP) is 2.29. The number of nitrogens with zero attached hydrogens (tertiary/aromatic N) is 2. The average Bonchev–Trinajstić information content (AvgIpc) is 2.45. The zero-order valence-corrected chi connectivity index (χ0v) is 10.6. The molecule has 0 spiro atoms. The van der Waals surface area contributed by atoms with Crippen LogP contribution < -0.4 is 10.9 Å². The minimum absolute atomic E-state index is 0.291. The van der Waals surface area contributed by atoms with Crippen molar-refractivity contribution in [2.45, 2.75) is 0 Å². The molecule has 5 nitrogen and oxygen atoms in total. The second-order valence-electron chi connectivity index (χ2n) is 3.60. The molecule has 1 aromatic heterocycles. The van der Waals surface area contributed by atoms with Crippen molar-refractivity contribution in [2.24, 2.45) is 0 Å². The largest absolute Gasteiger partial charge is 0.280 e. The van der Waals surface area contributed by atoms with E-state index in [2.05, 4.69) is 21.0 Å². The third kappa shape index (κ3) is 4.40. The van der Waals surface area contributed by atoms with Crippen LogP contribution in [0.5, 0.6) is 0 Å². The molecule has 0 aliphatic carbocycles. The number of hydrogen-bond donors (Lipinski definition) is 2. The molecule has 0 saturated carbocycles. The third-order valence-corrected chi connectivity index (χ3v) is 2.37. The first-order valence-corrected chi connectivity index (χ1v) is 5.90. The molecule has 1 heterocycles. The van der Waals surface area contributed by atoms with Crippen molar-refractivity contribution in [1.29, 1.82) is 0 Å². The third-order valence-electron chi connectivity index (χ3n) is 2.17. The van der Waals surface area contributed by atoms with Crippen LogP contribution in [0.25, 0.3) is 6.08 Å². The lowest BCUT2D eigenvalue weighted by Gasteiger charge is -2.04. The number of anilines is 1. The van der Waals surface area contributed by atoms with Crippen LogP contribution in [0.15, 0.2) is 48.5 Å². The number of amides is 1. The summed E-state index contributed by atoms with van der Waals surface area (Å²) in [4.78, 5) is 11.5. The van der Waals surface area contributed by atoms with E-state index in [1.54, 1.807) is 18.2 Å². The Balaban J connectivity index is 1.85. The Labute approximate surface area is 115 Å². The standard InChI is InChI=1S/C13H11ClN4O/c14-11-7-8-12(16-15-11)17-18-13(19)9-6-10-4-2-1-3-5-10/h1-9H,(H,16,17)(H,18,19). The minimum Gasteiger partial charge on any atom is -0.280 e. The topological polar surface area (TPSA) is 66.9 Å². The van der Waals surface area contributed by atoms with Crippen molar-refractivity contribution >= 4 is 29.4 Å². The van der Waals surface area contributed by atoms with Crippen LogP contribution in [0.4, 0.5) is 5.82 Å². The first-order valence-electron chi connectivity index (χ1n) is 5.52. The minimum atomic E-state index is -0.291. The van der Waals surface area contributed by atoms with Gasteiger partial charge in [0.05, 0.1) is 0 Å². The summed E-state index contributed by atoms with van der Waals surface area (Å²) in [7, 11) is 0. The van der Waals surface area contributed by atoms with Gasteiger partial charge < -0.3 is 0 Å². The number of carbonyl (C=O) groups excluding carboxylic acids is 1. The fraction of sp³-hybridized carbons (Fsp3) is 0. The van der Waals surface area contributed by atoms with Gasteiger partial charge in [0.1, 0.15) is 0 Å². The summed E-state index contributed by atoms with van der Waals surface area (Å²) in [5, 5.41) is 7.66. The molecule has 0 aliphatic heterocycles. The summed E-state index contributed by atoms with van der Waals surface area (Å²) in [5.74, 6) is 0.117. The van der Waals surface area contributed by atoms with Crippen LogP contribution in [0.2, 0.25) is 5.15 Å². The molecule has 0 bridgehead atoms. The maximum Gasteiger partial charge on any atom is 0.262 e. The highest BCUT2D eigenvalue weighted by Crippen LogP contribution is 2.04. The second kappa shape index (κ2) is 6.51. The summed E-state index contributed by atoms with van der Waals surface area (Å²) in [5.41, 5.74) is 6.04. The molecule has 1 amide bonds. The average molecular weight is 275 g/mol. The van der Waals surface area contributed by atoms with Crippen molar-refractivity contribution in [3.63, 3.8) is 0 Å². The van der Waals surface area contributed by atoms with Gasteiger partial charge in [-0.25, -0.2) is 0 Å². The number of nitrogens with one attached hydrogen (secondary N) is 2. The smallest absolute Gasteiger partial charge is 0.262 e. The lowest BCUT2D eigenvalue weighted by Crippen LogP contribution is -2.28. The van der Waals surface area contributed by atoms with Gasteiger partial charge in [-0.2, -0.15) is 0 Å². The lowest BCUT2D eigenvalue weighted by atomic mass is 10.2. The highest BCUT2D eigenvalue weighted by molar-refractivity contribution is 6.29. The van der Waals surface area contributed by atoms with Crippen molar-refractivity contribution in [3.05, 3.63) is 59.3 Å². The number of halogens is 1. The van der Waals surface area contributed by atoms with Crippen LogP contribution in [-0.2, 0) is 4.79 Å². The van der Waals surface area contributed by atoms with E-state index in [0.29, 0.717) is 11.0 Å². The number of rotatable bonds is 4. The van der Waals surface area contributed by atoms with Crippen LogP contribution in [0.1, 0.15) is 5.56 Å². The summed E-state index contributed by atoms with van der Waals surface area (Å²) in [6.45, 7) is 0. The van der Waals surface area contributed by atoms with E-state index in [4.69, 9.17) is 11.6 Å². The Morgan fingerprint density at radius 3 is 2.58 bits per heavy atom. The normalized spacial score (nSPS) is 10.4. The molecule has 2 rings (SSSR count). The molecule has 2 aromatic rings. The maximum absolute atomic E-state index is 11.5. The first kappa shape index (κ1) is 13.0. The fourth-order valence-corrected chi connectivity index (χ4v) is 1.39. The van der Waals surface area contributed by atoms with Gasteiger partial charge in [-0.05, 0) is 23.8 Å². The maximum atomic E-state index is 11.5. The Bertz CT molecular complexity index is 569. The van der Waals surface area contributed by atoms with E-state index >= 15 is 0 Å². The Hall–Kier alpha value is -2.40. The van der Waals surface area contributed by atoms with Gasteiger partial charge in [-0.1, -0.05) is 41.9 Å². The Morgan fingerprint density at radius 2 is 1.89 bits per heavy atom.